The Kier molecular flexibility index (Phi) is 4.48. The monoisotopic (exact) mass is 380 g/mol. The number of nitrogens with zero attached hydrogens (tertiary/aromatic N) is 4. The molecule has 5 heteroatoms. The lowest BCUT2D eigenvalue weighted by Crippen LogP contribution is -2.31. The number of hydrogen-bond acceptors (Lipinski definition) is 4. The molecule has 0 unspecified atom stereocenters. The smallest absolute Gasteiger partial charge is 0.254 e. The Labute approximate surface area is 169 Å². The summed E-state index contributed by atoms with van der Waals surface area (Å²) in [6.45, 7) is 0.735. The largest absolute Gasteiger partial charge is 0.330 e. The molecule has 1 atom stereocenters. The van der Waals surface area contributed by atoms with E-state index in [1.807, 2.05) is 71.6 Å². The van der Waals surface area contributed by atoms with Gasteiger partial charge in [0, 0.05) is 35.5 Å². The highest BCUT2D eigenvalue weighted by Gasteiger charge is 2.32. The minimum absolute atomic E-state index is 0.0300. The minimum atomic E-state index is -0.0300. The van der Waals surface area contributed by atoms with Crippen LogP contribution in [0.15, 0.2) is 79.1 Å². The second-order valence-corrected chi connectivity index (χ2v) is 7.24. The van der Waals surface area contributed by atoms with Crippen LogP contribution in [-0.4, -0.2) is 32.3 Å². The van der Waals surface area contributed by atoms with Crippen LogP contribution in [-0.2, 0) is 0 Å². The number of benzene rings is 2. The number of amides is 1. The van der Waals surface area contributed by atoms with Gasteiger partial charge in [-0.3, -0.25) is 9.78 Å². The topological polar surface area (TPSA) is 59.0 Å². The van der Waals surface area contributed by atoms with Gasteiger partial charge in [-0.25, -0.2) is 9.97 Å². The van der Waals surface area contributed by atoms with Crippen molar-refractivity contribution < 1.29 is 4.79 Å². The van der Waals surface area contributed by atoms with E-state index >= 15 is 0 Å². The molecule has 0 bridgehead atoms. The number of fused-ring (bicyclic) bond motifs is 1. The molecule has 0 spiro atoms. The van der Waals surface area contributed by atoms with Crippen molar-refractivity contribution in [2.45, 2.75) is 18.9 Å². The van der Waals surface area contributed by atoms with E-state index < -0.39 is 0 Å². The molecular formula is C24H20N4O. The van der Waals surface area contributed by atoms with Gasteiger partial charge in [0.05, 0.1) is 17.3 Å². The van der Waals surface area contributed by atoms with Gasteiger partial charge in [-0.15, -0.1) is 0 Å². The lowest BCUT2D eigenvalue weighted by Gasteiger charge is -2.24. The molecule has 5 nitrogen and oxygen atoms in total. The predicted octanol–water partition coefficient (Wildman–Crippen LogP) is 4.67. The Morgan fingerprint density at radius 2 is 1.83 bits per heavy atom. The number of aromatic nitrogens is 3. The molecule has 0 N–H and O–H groups in total. The van der Waals surface area contributed by atoms with Crippen molar-refractivity contribution >= 4 is 16.8 Å². The molecule has 4 aromatic rings. The maximum Gasteiger partial charge on any atom is 0.254 e. The van der Waals surface area contributed by atoms with Gasteiger partial charge < -0.3 is 4.90 Å². The Balaban J connectivity index is 1.46. The van der Waals surface area contributed by atoms with E-state index in [2.05, 4.69) is 9.97 Å². The Bertz CT molecular complexity index is 1180. The van der Waals surface area contributed by atoms with Crippen molar-refractivity contribution in [3.8, 4) is 11.4 Å². The van der Waals surface area contributed by atoms with Gasteiger partial charge >= 0.3 is 0 Å². The van der Waals surface area contributed by atoms with Crippen molar-refractivity contribution in [3.05, 3.63) is 90.4 Å². The van der Waals surface area contributed by atoms with Crippen LogP contribution in [0.4, 0.5) is 0 Å². The van der Waals surface area contributed by atoms with Crippen LogP contribution in [0.25, 0.3) is 22.3 Å². The first kappa shape index (κ1) is 17.5. The summed E-state index contributed by atoms with van der Waals surface area (Å²) < 4.78 is 0. The van der Waals surface area contributed by atoms with Gasteiger partial charge in [0.15, 0.2) is 5.82 Å². The summed E-state index contributed by atoms with van der Waals surface area (Å²) in [7, 11) is 0. The predicted molar refractivity (Wildman–Crippen MR) is 112 cm³/mol. The van der Waals surface area contributed by atoms with E-state index in [1.54, 1.807) is 12.4 Å². The van der Waals surface area contributed by atoms with E-state index in [0.29, 0.717) is 11.4 Å². The summed E-state index contributed by atoms with van der Waals surface area (Å²) >= 11 is 0. The maximum absolute atomic E-state index is 13.3. The van der Waals surface area contributed by atoms with Crippen LogP contribution < -0.4 is 0 Å². The summed E-state index contributed by atoms with van der Waals surface area (Å²) in [6, 6.07) is 21.4. The molecule has 2 aromatic heterocycles. The third-order valence-corrected chi connectivity index (χ3v) is 5.41. The van der Waals surface area contributed by atoms with Gasteiger partial charge in [-0.2, -0.15) is 0 Å². The molecule has 142 valence electrons. The number of pyridine rings is 1. The summed E-state index contributed by atoms with van der Waals surface area (Å²) in [5.41, 5.74) is 3.46. The molecule has 5 rings (SSSR count). The molecule has 0 radical (unpaired) electrons. The molecular weight excluding hydrogens is 360 g/mol. The van der Waals surface area contributed by atoms with Gasteiger partial charge in [-0.05, 0) is 43.2 Å². The molecule has 2 aromatic carbocycles. The number of hydrogen-bond donors (Lipinski definition) is 0. The van der Waals surface area contributed by atoms with Gasteiger partial charge in [0.25, 0.3) is 5.91 Å². The zero-order valence-corrected chi connectivity index (χ0v) is 15.9. The number of carbonyl (C=O) groups excluding carboxylic acids is 1. The Morgan fingerprint density at radius 3 is 2.72 bits per heavy atom. The van der Waals surface area contributed by atoms with Crippen molar-refractivity contribution in [1.29, 1.82) is 0 Å². The molecule has 0 saturated carbocycles. The lowest BCUT2D eigenvalue weighted by molar-refractivity contribution is 0.0733. The second kappa shape index (κ2) is 7.43. The fraction of sp³-hybridized carbons (Fsp3) is 0.167. The first-order chi connectivity index (χ1) is 14.3. The molecule has 1 aliphatic rings. The van der Waals surface area contributed by atoms with E-state index in [9.17, 15) is 4.79 Å². The third kappa shape index (κ3) is 3.36. The molecule has 0 aliphatic carbocycles. The number of rotatable bonds is 3. The van der Waals surface area contributed by atoms with E-state index in [0.717, 1.165) is 41.5 Å². The summed E-state index contributed by atoms with van der Waals surface area (Å²) in [6.07, 6.45) is 5.43. The fourth-order valence-electron chi connectivity index (χ4n) is 3.98. The first-order valence-electron chi connectivity index (χ1n) is 9.84. The first-order valence-corrected chi connectivity index (χ1v) is 9.84. The van der Waals surface area contributed by atoms with E-state index in [-0.39, 0.29) is 11.9 Å². The molecule has 1 fully saturated rings. The summed E-state index contributed by atoms with van der Waals surface area (Å²) in [5, 5.41) is 0.975. The van der Waals surface area contributed by atoms with Crippen molar-refractivity contribution in [3.63, 3.8) is 0 Å². The summed E-state index contributed by atoms with van der Waals surface area (Å²) in [4.78, 5) is 28.8. The summed E-state index contributed by atoms with van der Waals surface area (Å²) in [5.74, 6) is 0.734. The zero-order valence-electron chi connectivity index (χ0n) is 15.9. The molecule has 29 heavy (non-hydrogen) atoms. The molecule has 1 aliphatic heterocycles. The van der Waals surface area contributed by atoms with Gasteiger partial charge in [-0.1, -0.05) is 36.4 Å². The highest BCUT2D eigenvalue weighted by molar-refractivity contribution is 5.98. The third-order valence-electron chi connectivity index (χ3n) is 5.41. The van der Waals surface area contributed by atoms with Crippen LogP contribution >= 0.6 is 0 Å². The lowest BCUT2D eigenvalue weighted by atomic mass is 10.1. The Morgan fingerprint density at radius 1 is 0.931 bits per heavy atom. The van der Waals surface area contributed by atoms with Crippen LogP contribution in [0, 0.1) is 0 Å². The highest BCUT2D eigenvalue weighted by atomic mass is 16.2. The average molecular weight is 380 g/mol. The van der Waals surface area contributed by atoms with Crippen LogP contribution in [0.1, 0.15) is 34.9 Å². The van der Waals surface area contributed by atoms with E-state index in [1.165, 1.54) is 0 Å². The van der Waals surface area contributed by atoms with Crippen LogP contribution in [0.5, 0.6) is 0 Å². The minimum Gasteiger partial charge on any atom is -0.330 e. The second-order valence-electron chi connectivity index (χ2n) is 7.24. The average Bonchev–Trinajstić information content (AvgIpc) is 3.29. The SMILES string of the molecule is O=C(c1ccc2ncccc2c1)N1CCC[C@@H]1c1ccnc(-c2ccccc2)n1. The molecule has 1 amide bonds. The van der Waals surface area contributed by atoms with Crippen LogP contribution in [0.2, 0.25) is 0 Å². The fourth-order valence-corrected chi connectivity index (χ4v) is 3.98. The number of likely N-dealkylation sites (tertiary alicyclic amines) is 1. The van der Waals surface area contributed by atoms with E-state index in [4.69, 9.17) is 4.98 Å². The zero-order chi connectivity index (χ0) is 19.6. The standard InChI is InChI=1S/C24H20N4O/c29-24(19-10-11-20-18(16-19)8-4-13-25-20)28-15-5-9-22(28)21-12-14-26-23(27-21)17-6-2-1-3-7-17/h1-4,6-8,10-14,16,22H,5,9,15H2/t22-/m1/s1. The van der Waals surface area contributed by atoms with Crippen molar-refractivity contribution in [2.24, 2.45) is 0 Å². The quantitative estimate of drug-likeness (QED) is 0.518. The van der Waals surface area contributed by atoms with Crippen LogP contribution in [0.3, 0.4) is 0 Å². The van der Waals surface area contributed by atoms with Gasteiger partial charge in [0.1, 0.15) is 0 Å². The molecule has 1 saturated heterocycles. The molecule has 3 heterocycles. The Hall–Kier alpha value is -3.60. The normalized spacial score (nSPS) is 16.3. The van der Waals surface area contributed by atoms with Crippen molar-refractivity contribution in [1.82, 2.24) is 19.9 Å². The van der Waals surface area contributed by atoms with Crippen molar-refractivity contribution in [2.75, 3.05) is 6.54 Å². The van der Waals surface area contributed by atoms with Gasteiger partial charge in [0.2, 0.25) is 0 Å². The maximum atomic E-state index is 13.3. The highest BCUT2D eigenvalue weighted by Crippen LogP contribution is 2.33. The number of carbonyl (C=O) groups is 1.